The summed E-state index contributed by atoms with van der Waals surface area (Å²) in [6, 6.07) is 0.900. The molecule has 0 heterocycles. The molecule has 1 aromatic rings. The molecule has 0 aliphatic rings. The zero-order valence-electron chi connectivity index (χ0n) is 9.28. The van der Waals surface area contributed by atoms with E-state index in [0.717, 1.165) is 0 Å². The fraction of sp³-hybridized carbons (Fsp3) is 0.364. The predicted octanol–water partition coefficient (Wildman–Crippen LogP) is 2.85. The molecule has 0 spiro atoms. The Hall–Kier alpha value is -1.23. The molecule has 0 radical (unpaired) electrons. The van der Waals surface area contributed by atoms with E-state index in [0.29, 0.717) is 12.1 Å². The van der Waals surface area contributed by atoms with E-state index in [1.54, 1.807) is 13.8 Å². The number of halogens is 4. The van der Waals surface area contributed by atoms with Crippen LogP contribution in [0.2, 0.25) is 0 Å². The number of nitrogens with one attached hydrogen (secondary N) is 1. The molecule has 0 aliphatic heterocycles. The summed E-state index contributed by atoms with van der Waals surface area (Å²) in [5.74, 6) is -4.46. The van der Waals surface area contributed by atoms with Gasteiger partial charge < -0.3 is 5.32 Å². The Morgan fingerprint density at radius 3 is 2.18 bits per heavy atom. The molecule has 0 bridgehead atoms. The van der Waals surface area contributed by atoms with Crippen LogP contribution in [0.25, 0.3) is 0 Å². The van der Waals surface area contributed by atoms with Crippen LogP contribution in [0.3, 0.4) is 0 Å². The Kier molecular flexibility index (Phi) is 4.03. The van der Waals surface area contributed by atoms with Gasteiger partial charge in [0.1, 0.15) is 23.0 Å². The van der Waals surface area contributed by atoms with E-state index in [1.165, 1.54) is 0 Å². The lowest BCUT2D eigenvalue weighted by Crippen LogP contribution is -2.45. The number of carbonyl (C=O) groups is 1. The van der Waals surface area contributed by atoms with E-state index in [9.17, 15) is 18.0 Å². The van der Waals surface area contributed by atoms with E-state index >= 15 is 0 Å². The van der Waals surface area contributed by atoms with Crippen molar-refractivity contribution in [2.75, 3.05) is 5.88 Å². The van der Waals surface area contributed by atoms with Crippen LogP contribution < -0.4 is 5.32 Å². The average molecular weight is 266 g/mol. The number of benzene rings is 1. The summed E-state index contributed by atoms with van der Waals surface area (Å²) in [5, 5.41) is 2.35. The molecule has 6 heteroatoms. The van der Waals surface area contributed by atoms with Gasteiger partial charge in [-0.2, -0.15) is 0 Å². The predicted molar refractivity (Wildman–Crippen MR) is 58.6 cm³/mol. The first kappa shape index (κ1) is 13.8. The molecule has 0 saturated carbocycles. The third kappa shape index (κ3) is 3.36. The minimum Gasteiger partial charge on any atom is -0.346 e. The van der Waals surface area contributed by atoms with Gasteiger partial charge in [0.05, 0.1) is 0 Å². The summed E-state index contributed by atoms with van der Waals surface area (Å²) in [6.45, 7) is 3.19. The number of hydrogen-bond donors (Lipinski definition) is 1. The zero-order chi connectivity index (χ0) is 13.2. The highest BCUT2D eigenvalue weighted by Crippen LogP contribution is 2.16. The highest BCUT2D eigenvalue weighted by molar-refractivity contribution is 6.18. The van der Waals surface area contributed by atoms with Crippen molar-refractivity contribution in [2.24, 2.45) is 0 Å². The van der Waals surface area contributed by atoms with Crippen molar-refractivity contribution in [3.63, 3.8) is 0 Å². The molecular formula is C11H11ClF3NO. The smallest absolute Gasteiger partial charge is 0.257 e. The van der Waals surface area contributed by atoms with Gasteiger partial charge in [-0.1, -0.05) is 0 Å². The second kappa shape index (κ2) is 4.96. The lowest BCUT2D eigenvalue weighted by molar-refractivity contribution is 0.0911. The van der Waals surface area contributed by atoms with Gasteiger partial charge in [-0.15, -0.1) is 11.6 Å². The van der Waals surface area contributed by atoms with Crippen LogP contribution in [-0.4, -0.2) is 17.3 Å². The molecule has 17 heavy (non-hydrogen) atoms. The van der Waals surface area contributed by atoms with Gasteiger partial charge >= 0.3 is 0 Å². The monoisotopic (exact) mass is 265 g/mol. The van der Waals surface area contributed by atoms with Crippen molar-refractivity contribution in [1.82, 2.24) is 5.32 Å². The van der Waals surface area contributed by atoms with Crippen LogP contribution >= 0.6 is 11.6 Å². The second-order valence-electron chi connectivity index (χ2n) is 4.22. The van der Waals surface area contributed by atoms with Crippen LogP contribution in [0.15, 0.2) is 12.1 Å². The number of carbonyl (C=O) groups excluding carboxylic acids is 1. The molecule has 0 atom stereocenters. The first-order chi connectivity index (χ1) is 7.76. The fourth-order valence-corrected chi connectivity index (χ4v) is 1.23. The molecule has 0 saturated heterocycles. The first-order valence-electron chi connectivity index (χ1n) is 4.80. The molecule has 1 amide bonds. The first-order valence-corrected chi connectivity index (χ1v) is 5.33. The van der Waals surface area contributed by atoms with Crippen LogP contribution in [-0.2, 0) is 0 Å². The van der Waals surface area contributed by atoms with Crippen molar-refractivity contribution < 1.29 is 18.0 Å². The number of rotatable bonds is 3. The van der Waals surface area contributed by atoms with Gasteiger partial charge in [-0.25, -0.2) is 13.2 Å². The summed E-state index contributed by atoms with van der Waals surface area (Å²) in [4.78, 5) is 11.6. The van der Waals surface area contributed by atoms with Crippen molar-refractivity contribution in [1.29, 1.82) is 0 Å². The van der Waals surface area contributed by atoms with Gasteiger partial charge in [-0.05, 0) is 13.8 Å². The third-order valence-electron chi connectivity index (χ3n) is 2.02. The molecule has 0 aromatic heterocycles. The van der Waals surface area contributed by atoms with Crippen LogP contribution in [0.5, 0.6) is 0 Å². The Balaban J connectivity index is 3.05. The SMILES string of the molecule is CC(C)(CCl)NC(=O)c1c(F)cc(F)cc1F. The third-order valence-corrected chi connectivity index (χ3v) is 2.69. The lowest BCUT2D eigenvalue weighted by atomic mass is 10.1. The Morgan fingerprint density at radius 1 is 1.29 bits per heavy atom. The fourth-order valence-electron chi connectivity index (χ4n) is 1.16. The van der Waals surface area contributed by atoms with E-state index < -0.39 is 34.5 Å². The molecule has 2 nitrogen and oxygen atoms in total. The summed E-state index contributed by atoms with van der Waals surface area (Å²) >= 11 is 5.57. The summed E-state index contributed by atoms with van der Waals surface area (Å²) in [7, 11) is 0. The highest BCUT2D eigenvalue weighted by Gasteiger charge is 2.25. The van der Waals surface area contributed by atoms with E-state index in [4.69, 9.17) is 11.6 Å². The van der Waals surface area contributed by atoms with Crippen LogP contribution in [0.1, 0.15) is 24.2 Å². The van der Waals surface area contributed by atoms with E-state index in [1.807, 2.05) is 0 Å². The van der Waals surface area contributed by atoms with Gasteiger partial charge in [0.25, 0.3) is 5.91 Å². The lowest BCUT2D eigenvalue weighted by Gasteiger charge is -2.23. The van der Waals surface area contributed by atoms with Crippen molar-refractivity contribution in [3.8, 4) is 0 Å². The van der Waals surface area contributed by atoms with Gasteiger partial charge in [0.15, 0.2) is 0 Å². The minimum absolute atomic E-state index is 0.0726. The van der Waals surface area contributed by atoms with Crippen molar-refractivity contribution in [3.05, 3.63) is 35.1 Å². The van der Waals surface area contributed by atoms with E-state index in [-0.39, 0.29) is 5.88 Å². The second-order valence-corrected chi connectivity index (χ2v) is 4.48. The Bertz CT molecular complexity index is 425. The quantitative estimate of drug-likeness (QED) is 0.837. The maximum atomic E-state index is 13.3. The minimum atomic E-state index is -1.25. The Morgan fingerprint density at radius 2 is 1.76 bits per heavy atom. The van der Waals surface area contributed by atoms with Gasteiger partial charge in [0, 0.05) is 23.6 Å². The Labute approximate surface area is 102 Å². The molecule has 0 unspecified atom stereocenters. The molecule has 0 fully saturated rings. The number of alkyl halides is 1. The van der Waals surface area contributed by atoms with Gasteiger partial charge in [-0.3, -0.25) is 4.79 Å². The molecule has 0 aliphatic carbocycles. The normalized spacial score (nSPS) is 11.4. The maximum Gasteiger partial charge on any atom is 0.257 e. The van der Waals surface area contributed by atoms with Crippen LogP contribution in [0, 0.1) is 17.5 Å². The summed E-state index contributed by atoms with van der Waals surface area (Å²) in [5.41, 5.74) is -1.63. The zero-order valence-corrected chi connectivity index (χ0v) is 10.0. The topological polar surface area (TPSA) is 29.1 Å². The number of amides is 1. The number of hydrogen-bond acceptors (Lipinski definition) is 1. The molecule has 1 aromatic carbocycles. The molecule has 94 valence electrons. The summed E-state index contributed by atoms with van der Waals surface area (Å²) < 4.78 is 39.2. The highest BCUT2D eigenvalue weighted by atomic mass is 35.5. The molecule has 1 rings (SSSR count). The molecule has 1 N–H and O–H groups in total. The van der Waals surface area contributed by atoms with Crippen LogP contribution in [0.4, 0.5) is 13.2 Å². The van der Waals surface area contributed by atoms with Gasteiger partial charge in [0.2, 0.25) is 0 Å². The van der Waals surface area contributed by atoms with E-state index in [2.05, 4.69) is 5.32 Å². The maximum absolute atomic E-state index is 13.3. The van der Waals surface area contributed by atoms with Crippen molar-refractivity contribution >= 4 is 17.5 Å². The summed E-state index contributed by atoms with van der Waals surface area (Å²) in [6.07, 6.45) is 0. The molecular weight excluding hydrogens is 255 g/mol. The van der Waals surface area contributed by atoms with Crippen molar-refractivity contribution in [2.45, 2.75) is 19.4 Å². The standard InChI is InChI=1S/C11H11ClF3NO/c1-11(2,5-12)16-10(17)9-7(14)3-6(13)4-8(9)15/h3-4H,5H2,1-2H3,(H,16,17). The average Bonchev–Trinajstić information content (AvgIpc) is 2.14. The largest absolute Gasteiger partial charge is 0.346 e.